The number of carboxylic acid groups (broad SMARTS) is 1. The maximum atomic E-state index is 14.0. The van der Waals surface area contributed by atoms with E-state index in [4.69, 9.17) is 9.84 Å². The van der Waals surface area contributed by atoms with Gasteiger partial charge in [0.15, 0.2) is 0 Å². The third-order valence-corrected chi connectivity index (χ3v) is 6.18. The van der Waals surface area contributed by atoms with E-state index in [1.807, 2.05) is 48.5 Å². The number of rotatable bonds is 9. The minimum Gasteiger partial charge on any atom is -0.481 e. The summed E-state index contributed by atoms with van der Waals surface area (Å²) >= 11 is 0. The maximum absolute atomic E-state index is 14.0. The largest absolute Gasteiger partial charge is 0.481 e. The Balaban J connectivity index is 1.74. The van der Waals surface area contributed by atoms with Crippen molar-refractivity contribution >= 4 is 18.0 Å². The zero-order valence-corrected chi connectivity index (χ0v) is 19.4. The fourth-order valence-corrected chi connectivity index (χ4v) is 4.22. The average Bonchev–Trinajstić information content (AvgIpc) is 3.13. The number of nitrogens with zero attached hydrogens (tertiary/aromatic N) is 1. The summed E-state index contributed by atoms with van der Waals surface area (Å²) in [5.74, 6) is -2.86. The highest BCUT2D eigenvalue weighted by Gasteiger charge is 2.59. The first-order valence-corrected chi connectivity index (χ1v) is 11.2. The second kappa shape index (κ2) is 10.4. The summed E-state index contributed by atoms with van der Waals surface area (Å²) in [6.45, 7) is 1.56. The number of hydrogen-bond acceptors (Lipinski definition) is 4. The van der Waals surface area contributed by atoms with E-state index in [9.17, 15) is 27.6 Å². The Morgan fingerprint density at radius 2 is 1.57 bits per heavy atom. The summed E-state index contributed by atoms with van der Waals surface area (Å²) in [6.07, 6.45) is -6.81. The van der Waals surface area contributed by atoms with Gasteiger partial charge in [-0.3, -0.25) is 14.9 Å². The fraction of sp³-hybridized carbons (Fsp3) is 0.400. The lowest BCUT2D eigenvalue weighted by Gasteiger charge is -2.35. The molecule has 0 fully saturated rings. The molecule has 0 heterocycles. The zero-order chi connectivity index (χ0) is 25.8. The van der Waals surface area contributed by atoms with Crippen LogP contribution in [0.3, 0.4) is 0 Å². The molecule has 0 saturated heterocycles. The number of benzene rings is 2. The number of amides is 2. The number of likely N-dealkylation sites (N-methyl/N-ethyl adjacent to an activating group) is 1. The van der Waals surface area contributed by atoms with Crippen molar-refractivity contribution in [3.8, 4) is 11.1 Å². The number of carbonyl (C=O) groups is 3. The minimum atomic E-state index is -5.12. The predicted molar refractivity (Wildman–Crippen MR) is 122 cm³/mol. The first-order chi connectivity index (χ1) is 16.5. The molecule has 1 atom stereocenters. The third-order valence-electron chi connectivity index (χ3n) is 6.18. The van der Waals surface area contributed by atoms with E-state index in [0.29, 0.717) is 6.92 Å². The molecular weight excluding hydrogens is 465 g/mol. The van der Waals surface area contributed by atoms with Gasteiger partial charge < -0.3 is 14.7 Å². The smallest absolute Gasteiger partial charge is 0.420 e. The monoisotopic (exact) mass is 492 g/mol. The molecule has 2 aromatic carbocycles. The van der Waals surface area contributed by atoms with E-state index >= 15 is 0 Å². The van der Waals surface area contributed by atoms with Crippen molar-refractivity contribution in [3.05, 3.63) is 59.7 Å². The van der Waals surface area contributed by atoms with E-state index in [1.54, 1.807) is 5.32 Å². The standard InChI is InChI=1S/C25H27F3N2O5/c1-3-30(14-8-13-21(31)32)22(33)24(2,25(26,27)28)29-23(34)35-15-20-18-11-6-4-9-16(18)17-10-5-7-12-19(17)20/h4-7,9-12,20H,3,8,13-15H2,1-2H3,(H,29,34)(H,31,32). The molecule has 3 rings (SSSR count). The summed E-state index contributed by atoms with van der Waals surface area (Å²) in [4.78, 5) is 36.9. The predicted octanol–water partition coefficient (Wildman–Crippen LogP) is 4.56. The van der Waals surface area contributed by atoms with Gasteiger partial charge in [0.25, 0.3) is 5.91 Å². The highest BCUT2D eigenvalue weighted by Crippen LogP contribution is 2.44. The number of carboxylic acids is 1. The zero-order valence-electron chi connectivity index (χ0n) is 19.4. The second-order valence-electron chi connectivity index (χ2n) is 8.46. The number of alkyl halides is 3. The molecule has 0 bridgehead atoms. The summed E-state index contributed by atoms with van der Waals surface area (Å²) in [5.41, 5.74) is 0.479. The van der Waals surface area contributed by atoms with Crippen molar-refractivity contribution in [1.29, 1.82) is 0 Å². The first kappa shape index (κ1) is 26.1. The van der Waals surface area contributed by atoms with Crippen LogP contribution in [0.2, 0.25) is 0 Å². The van der Waals surface area contributed by atoms with Gasteiger partial charge in [-0.05, 0) is 42.5 Å². The number of ether oxygens (including phenoxy) is 1. The van der Waals surface area contributed by atoms with Crippen LogP contribution in [0.4, 0.5) is 18.0 Å². The average molecular weight is 492 g/mol. The van der Waals surface area contributed by atoms with Gasteiger partial charge in [-0.15, -0.1) is 0 Å². The molecule has 0 aliphatic heterocycles. The van der Waals surface area contributed by atoms with Crippen molar-refractivity contribution in [2.45, 2.75) is 44.3 Å². The van der Waals surface area contributed by atoms with Crippen molar-refractivity contribution in [1.82, 2.24) is 10.2 Å². The van der Waals surface area contributed by atoms with Crippen LogP contribution < -0.4 is 5.32 Å². The van der Waals surface area contributed by atoms with Crippen LogP contribution in [-0.2, 0) is 14.3 Å². The van der Waals surface area contributed by atoms with Gasteiger partial charge in [-0.25, -0.2) is 4.79 Å². The summed E-state index contributed by atoms with van der Waals surface area (Å²) < 4.78 is 47.2. The molecule has 10 heteroatoms. The van der Waals surface area contributed by atoms with Gasteiger partial charge in [-0.1, -0.05) is 48.5 Å². The maximum Gasteiger partial charge on any atom is 0.420 e. The molecule has 35 heavy (non-hydrogen) atoms. The molecule has 1 aliphatic carbocycles. The van der Waals surface area contributed by atoms with Crippen LogP contribution in [0, 0.1) is 0 Å². The van der Waals surface area contributed by atoms with Crippen LogP contribution in [0.5, 0.6) is 0 Å². The molecule has 2 amide bonds. The molecule has 0 saturated carbocycles. The molecule has 1 unspecified atom stereocenters. The van der Waals surface area contributed by atoms with E-state index < -0.39 is 29.7 Å². The molecule has 0 radical (unpaired) electrons. The van der Waals surface area contributed by atoms with Crippen molar-refractivity contribution < 1.29 is 37.4 Å². The van der Waals surface area contributed by atoms with Crippen LogP contribution >= 0.6 is 0 Å². The van der Waals surface area contributed by atoms with Crippen LogP contribution in [0.25, 0.3) is 11.1 Å². The number of hydrogen-bond donors (Lipinski definition) is 2. The molecule has 2 N–H and O–H groups in total. The Morgan fingerprint density at radius 3 is 2.06 bits per heavy atom. The van der Waals surface area contributed by atoms with Crippen molar-refractivity contribution in [2.75, 3.05) is 19.7 Å². The number of carbonyl (C=O) groups excluding carboxylic acids is 2. The summed E-state index contributed by atoms with van der Waals surface area (Å²) in [5, 5.41) is 10.5. The number of fused-ring (bicyclic) bond motifs is 3. The van der Waals surface area contributed by atoms with E-state index in [2.05, 4.69) is 0 Å². The Hall–Kier alpha value is -3.56. The second-order valence-corrected chi connectivity index (χ2v) is 8.46. The van der Waals surface area contributed by atoms with E-state index in [0.717, 1.165) is 27.2 Å². The molecule has 188 valence electrons. The lowest BCUT2D eigenvalue weighted by atomic mass is 9.98. The fourth-order valence-electron chi connectivity index (χ4n) is 4.22. The van der Waals surface area contributed by atoms with Crippen molar-refractivity contribution in [3.63, 3.8) is 0 Å². The van der Waals surface area contributed by atoms with Crippen molar-refractivity contribution in [2.24, 2.45) is 0 Å². The summed E-state index contributed by atoms with van der Waals surface area (Å²) in [7, 11) is 0. The Kier molecular flexibility index (Phi) is 7.72. The Bertz CT molecular complexity index is 1060. The molecule has 7 nitrogen and oxygen atoms in total. The third kappa shape index (κ3) is 5.41. The normalized spacial score (nSPS) is 14.4. The summed E-state index contributed by atoms with van der Waals surface area (Å²) in [6, 6.07) is 15.0. The van der Waals surface area contributed by atoms with E-state index in [1.165, 1.54) is 6.92 Å². The number of nitrogens with one attached hydrogen (secondary N) is 1. The number of halogens is 3. The molecule has 0 aromatic heterocycles. The highest BCUT2D eigenvalue weighted by molar-refractivity contribution is 5.90. The molecule has 1 aliphatic rings. The van der Waals surface area contributed by atoms with Gasteiger partial charge in [0.1, 0.15) is 6.61 Å². The van der Waals surface area contributed by atoms with Gasteiger partial charge in [0.05, 0.1) is 0 Å². The lowest BCUT2D eigenvalue weighted by molar-refractivity contribution is -0.200. The Morgan fingerprint density at radius 1 is 1.03 bits per heavy atom. The molecule has 2 aromatic rings. The van der Waals surface area contributed by atoms with Gasteiger partial charge in [0, 0.05) is 25.4 Å². The van der Waals surface area contributed by atoms with Gasteiger partial charge in [-0.2, -0.15) is 13.2 Å². The van der Waals surface area contributed by atoms with Crippen LogP contribution in [0.15, 0.2) is 48.5 Å². The van der Waals surface area contributed by atoms with Gasteiger partial charge in [0.2, 0.25) is 5.54 Å². The number of aliphatic carboxylic acids is 1. The topological polar surface area (TPSA) is 95.9 Å². The highest BCUT2D eigenvalue weighted by atomic mass is 19.4. The van der Waals surface area contributed by atoms with E-state index in [-0.39, 0.29) is 38.5 Å². The molecular formula is C25H27F3N2O5. The van der Waals surface area contributed by atoms with Gasteiger partial charge >= 0.3 is 18.2 Å². The van der Waals surface area contributed by atoms with Crippen LogP contribution in [0.1, 0.15) is 43.7 Å². The minimum absolute atomic E-state index is 0.0200. The Labute approximate surface area is 200 Å². The SMILES string of the molecule is CCN(CCCC(=O)O)C(=O)C(C)(NC(=O)OCC1c2ccccc2-c2ccccc21)C(F)(F)F. The number of alkyl carbamates (subject to hydrolysis) is 1. The molecule has 0 spiro atoms. The first-order valence-electron chi connectivity index (χ1n) is 11.2. The lowest BCUT2D eigenvalue weighted by Crippen LogP contribution is -2.66. The van der Waals surface area contributed by atoms with Crippen LogP contribution in [-0.4, -0.2) is 59.4 Å². The quantitative estimate of drug-likeness (QED) is 0.535.